The van der Waals surface area contributed by atoms with Crippen LogP contribution in [-0.4, -0.2) is 50.1 Å². The first-order valence-electron chi connectivity index (χ1n) is 13.0. The Morgan fingerprint density at radius 3 is 2.05 bits per heavy atom. The van der Waals surface area contributed by atoms with Crippen LogP contribution >= 0.6 is 0 Å². The van der Waals surface area contributed by atoms with E-state index >= 15 is 0 Å². The number of nitrogens with one attached hydrogen (secondary N) is 1. The number of nitrogens with zero attached hydrogens (tertiary/aromatic N) is 1. The summed E-state index contributed by atoms with van der Waals surface area (Å²) in [5, 5.41) is 3.17. The summed E-state index contributed by atoms with van der Waals surface area (Å²) in [5.74, 6) is 1.01. The minimum Gasteiger partial charge on any atom is -0.493 e. The third-order valence-corrected chi connectivity index (χ3v) is 8.63. The van der Waals surface area contributed by atoms with Gasteiger partial charge in [-0.1, -0.05) is 12.1 Å². The van der Waals surface area contributed by atoms with Crippen molar-refractivity contribution in [1.29, 1.82) is 0 Å². The zero-order valence-electron chi connectivity index (χ0n) is 21.9. The Kier molecular flexibility index (Phi) is 6.60. The zero-order chi connectivity index (χ0) is 27.3. The van der Waals surface area contributed by atoms with E-state index in [4.69, 9.17) is 9.47 Å². The van der Waals surface area contributed by atoms with Gasteiger partial charge >= 0.3 is 6.18 Å². The average molecular weight is 531 g/mol. The van der Waals surface area contributed by atoms with Crippen molar-refractivity contribution >= 4 is 11.8 Å². The maximum atomic E-state index is 13.2. The van der Waals surface area contributed by atoms with Crippen molar-refractivity contribution in [3.05, 3.63) is 58.7 Å². The van der Waals surface area contributed by atoms with E-state index in [-0.39, 0.29) is 23.3 Å². The first-order valence-corrected chi connectivity index (χ1v) is 13.0. The molecule has 1 N–H and O–H groups in total. The van der Waals surface area contributed by atoms with Gasteiger partial charge in [0.2, 0.25) is 5.91 Å². The predicted molar refractivity (Wildman–Crippen MR) is 135 cm³/mol. The summed E-state index contributed by atoms with van der Waals surface area (Å²) in [6, 6.07) is 8.57. The molecule has 2 aromatic carbocycles. The van der Waals surface area contributed by atoms with Gasteiger partial charge in [-0.3, -0.25) is 9.59 Å². The largest absolute Gasteiger partial charge is 0.493 e. The van der Waals surface area contributed by atoms with Crippen LogP contribution in [0.25, 0.3) is 0 Å². The maximum absolute atomic E-state index is 13.2. The van der Waals surface area contributed by atoms with E-state index in [1.54, 1.807) is 20.3 Å². The molecule has 0 bridgehead atoms. The highest BCUT2D eigenvalue weighted by Crippen LogP contribution is 2.50. The number of carbonyl (C=O) groups excluding carboxylic acids is 2. The van der Waals surface area contributed by atoms with E-state index in [1.807, 2.05) is 17.9 Å². The van der Waals surface area contributed by atoms with Gasteiger partial charge in [0.1, 0.15) is 0 Å². The van der Waals surface area contributed by atoms with Gasteiger partial charge in [-0.2, -0.15) is 13.2 Å². The average Bonchev–Trinajstić information content (AvgIpc) is 3.69. The number of likely N-dealkylation sites (tertiary alicyclic amines) is 1. The lowest BCUT2D eigenvalue weighted by atomic mass is 9.67. The van der Waals surface area contributed by atoms with Crippen LogP contribution in [0.1, 0.15) is 65.6 Å². The molecule has 1 aliphatic heterocycles. The van der Waals surface area contributed by atoms with Crippen molar-refractivity contribution < 1.29 is 32.2 Å². The normalized spacial score (nSPS) is 20.0. The zero-order valence-corrected chi connectivity index (χ0v) is 21.9. The van der Waals surface area contributed by atoms with Crippen LogP contribution < -0.4 is 14.8 Å². The molecule has 5 rings (SSSR count). The van der Waals surface area contributed by atoms with E-state index in [0.717, 1.165) is 43.4 Å². The Morgan fingerprint density at radius 1 is 0.947 bits per heavy atom. The highest BCUT2D eigenvalue weighted by atomic mass is 19.4. The summed E-state index contributed by atoms with van der Waals surface area (Å²) in [4.78, 5) is 28.2. The van der Waals surface area contributed by atoms with E-state index < -0.39 is 17.2 Å². The summed E-state index contributed by atoms with van der Waals surface area (Å²) >= 11 is 0. The Bertz CT molecular complexity index is 1220. The monoisotopic (exact) mass is 530 g/mol. The van der Waals surface area contributed by atoms with Crippen LogP contribution in [0.5, 0.6) is 11.5 Å². The molecule has 2 aromatic rings. The van der Waals surface area contributed by atoms with E-state index in [9.17, 15) is 22.8 Å². The molecular weight excluding hydrogens is 497 g/mol. The summed E-state index contributed by atoms with van der Waals surface area (Å²) in [6.45, 7) is 3.27. The standard InChI is InChI=1S/C29H33F3N2O4/c1-18-14-23(37-2)24(38-3)15-22(18)25(35)34-16-27(17-34)10-8-21(9-11-27)33-26(36)28(12-13-28)19-4-6-20(7-5-19)29(30,31)32/h4-7,14-15,21H,8-13,16-17H2,1-3H3,(H,33,36). The topological polar surface area (TPSA) is 67.9 Å². The van der Waals surface area contributed by atoms with Crippen molar-refractivity contribution in [3.8, 4) is 11.5 Å². The van der Waals surface area contributed by atoms with Gasteiger partial charge in [-0.15, -0.1) is 0 Å². The predicted octanol–water partition coefficient (Wildman–Crippen LogP) is 5.26. The molecule has 204 valence electrons. The van der Waals surface area contributed by atoms with Crippen molar-refractivity contribution in [2.45, 2.75) is 63.1 Å². The minimum absolute atomic E-state index is 0.0169. The lowest BCUT2D eigenvalue weighted by molar-refractivity contribution is -0.137. The first-order chi connectivity index (χ1) is 18.0. The molecule has 0 unspecified atom stereocenters. The van der Waals surface area contributed by atoms with Crippen molar-refractivity contribution in [2.24, 2.45) is 5.41 Å². The number of alkyl halides is 3. The molecule has 3 fully saturated rings. The van der Waals surface area contributed by atoms with E-state index in [0.29, 0.717) is 48.6 Å². The van der Waals surface area contributed by atoms with Gasteiger partial charge in [0.15, 0.2) is 11.5 Å². The molecule has 3 aliphatic rings. The summed E-state index contributed by atoms with van der Waals surface area (Å²) in [5.41, 5.74) is 0.749. The minimum atomic E-state index is -4.39. The van der Waals surface area contributed by atoms with Crippen LogP contribution in [0.3, 0.4) is 0 Å². The van der Waals surface area contributed by atoms with Crippen LogP contribution in [0, 0.1) is 12.3 Å². The fraction of sp³-hybridized carbons (Fsp3) is 0.517. The van der Waals surface area contributed by atoms with Crippen molar-refractivity contribution in [1.82, 2.24) is 10.2 Å². The molecule has 0 atom stereocenters. The van der Waals surface area contributed by atoms with Gasteiger partial charge in [0, 0.05) is 30.1 Å². The van der Waals surface area contributed by atoms with Crippen molar-refractivity contribution in [2.75, 3.05) is 27.3 Å². The number of ether oxygens (including phenoxy) is 2. The molecule has 0 radical (unpaired) electrons. The Balaban J connectivity index is 1.15. The highest BCUT2D eigenvalue weighted by Gasteiger charge is 2.53. The Hall–Kier alpha value is -3.23. The summed E-state index contributed by atoms with van der Waals surface area (Å²) in [6.07, 6.45) is 0.386. The summed E-state index contributed by atoms with van der Waals surface area (Å²) in [7, 11) is 3.11. The smallest absolute Gasteiger partial charge is 0.416 e. The second kappa shape index (κ2) is 9.50. The molecule has 9 heteroatoms. The SMILES string of the molecule is COc1cc(C)c(C(=O)N2CC3(CCC(NC(=O)C4(c5ccc(C(F)(F)F)cc5)CC4)CC3)C2)cc1OC. The lowest BCUT2D eigenvalue weighted by Crippen LogP contribution is -2.60. The molecule has 6 nitrogen and oxygen atoms in total. The van der Waals surface area contributed by atoms with E-state index in [1.165, 1.54) is 12.1 Å². The second-order valence-corrected chi connectivity index (χ2v) is 11.1. The number of benzene rings is 2. The van der Waals surface area contributed by atoms with Gasteiger partial charge < -0.3 is 19.7 Å². The highest BCUT2D eigenvalue weighted by molar-refractivity contribution is 5.97. The number of hydrogen-bond acceptors (Lipinski definition) is 4. The van der Waals surface area contributed by atoms with Gasteiger partial charge in [-0.05, 0) is 80.8 Å². The first kappa shape index (κ1) is 26.4. The van der Waals surface area contributed by atoms with Gasteiger partial charge in [0.25, 0.3) is 5.91 Å². The fourth-order valence-electron chi connectivity index (χ4n) is 6.05. The number of hydrogen-bond donors (Lipinski definition) is 1. The van der Waals surface area contributed by atoms with Crippen molar-refractivity contribution in [3.63, 3.8) is 0 Å². The van der Waals surface area contributed by atoms with Crippen LogP contribution in [0.4, 0.5) is 13.2 Å². The third-order valence-electron chi connectivity index (χ3n) is 8.63. The summed E-state index contributed by atoms with van der Waals surface area (Å²) < 4.78 is 49.4. The number of methoxy groups -OCH3 is 2. The van der Waals surface area contributed by atoms with E-state index in [2.05, 4.69) is 5.32 Å². The fourth-order valence-corrected chi connectivity index (χ4v) is 6.05. The number of aryl methyl sites for hydroxylation is 1. The molecular formula is C29H33F3N2O4. The molecule has 38 heavy (non-hydrogen) atoms. The third kappa shape index (κ3) is 4.71. The molecule has 1 heterocycles. The Morgan fingerprint density at radius 2 is 1.53 bits per heavy atom. The quantitative estimate of drug-likeness (QED) is 0.553. The number of carbonyl (C=O) groups is 2. The van der Waals surface area contributed by atoms with Crippen LogP contribution in [0.15, 0.2) is 36.4 Å². The molecule has 2 amide bonds. The van der Waals surface area contributed by atoms with Crippen LogP contribution in [-0.2, 0) is 16.4 Å². The maximum Gasteiger partial charge on any atom is 0.416 e. The number of halogens is 3. The van der Waals surface area contributed by atoms with Gasteiger partial charge in [-0.25, -0.2) is 0 Å². The lowest BCUT2D eigenvalue weighted by Gasteiger charge is -2.53. The molecule has 2 saturated carbocycles. The molecule has 1 saturated heterocycles. The molecule has 1 spiro atoms. The van der Waals surface area contributed by atoms with Gasteiger partial charge in [0.05, 0.1) is 25.2 Å². The Labute approximate surface area is 220 Å². The molecule has 0 aromatic heterocycles. The molecule has 2 aliphatic carbocycles. The second-order valence-electron chi connectivity index (χ2n) is 11.1. The number of rotatable bonds is 6. The van der Waals surface area contributed by atoms with Crippen LogP contribution in [0.2, 0.25) is 0 Å². The number of amides is 2.